The van der Waals surface area contributed by atoms with Crippen molar-refractivity contribution in [2.45, 2.75) is 6.92 Å². The van der Waals surface area contributed by atoms with Gasteiger partial charge in [-0.15, -0.1) is 11.3 Å². The van der Waals surface area contributed by atoms with E-state index in [1.807, 2.05) is 0 Å². The summed E-state index contributed by atoms with van der Waals surface area (Å²) in [6.07, 6.45) is 1.44. The molecule has 0 radical (unpaired) electrons. The van der Waals surface area contributed by atoms with Crippen LogP contribution in [0, 0.1) is 6.92 Å². The molecule has 0 aliphatic rings. The average molecular weight is 368 g/mol. The highest BCUT2D eigenvalue weighted by Gasteiger charge is 2.20. The van der Waals surface area contributed by atoms with Crippen molar-refractivity contribution < 1.29 is 4.79 Å². The first kappa shape index (κ1) is 16.0. The molecule has 2 heterocycles. The fourth-order valence-corrected chi connectivity index (χ4v) is 3.59. The number of hydrogen-bond acceptors (Lipinski definition) is 4. The van der Waals surface area contributed by atoms with Gasteiger partial charge in [0.2, 0.25) is 0 Å². The maximum absolute atomic E-state index is 12.5. The van der Waals surface area contributed by atoms with Gasteiger partial charge in [-0.3, -0.25) is 9.59 Å². The number of nitrogens with zero attached hydrogens (tertiary/aromatic N) is 2. The maximum atomic E-state index is 12.5. The van der Waals surface area contributed by atoms with E-state index in [9.17, 15) is 9.59 Å². The molecule has 0 saturated carbocycles. The van der Waals surface area contributed by atoms with Gasteiger partial charge in [-0.25, -0.2) is 4.98 Å². The first-order valence-corrected chi connectivity index (χ1v) is 8.17. The highest BCUT2D eigenvalue weighted by molar-refractivity contribution is 7.20. The molecule has 2 aromatic heterocycles. The van der Waals surface area contributed by atoms with Crippen molar-refractivity contribution in [3.8, 4) is 0 Å². The molecule has 0 unspecified atom stereocenters. The predicted octanol–water partition coefficient (Wildman–Crippen LogP) is 3.86. The molecule has 0 spiro atoms. The minimum atomic E-state index is -0.350. The summed E-state index contributed by atoms with van der Waals surface area (Å²) < 4.78 is 1.39. The second-order valence-corrected chi connectivity index (χ2v) is 6.74. The number of nitrogens with one attached hydrogen (secondary N) is 1. The Morgan fingerprint density at radius 3 is 2.83 bits per heavy atom. The zero-order valence-electron chi connectivity index (χ0n) is 12.2. The van der Waals surface area contributed by atoms with E-state index in [0.717, 1.165) is 0 Å². The van der Waals surface area contributed by atoms with Crippen molar-refractivity contribution in [2.75, 3.05) is 5.32 Å². The number of benzene rings is 1. The summed E-state index contributed by atoms with van der Waals surface area (Å²) in [5.74, 6) is -0.350. The highest BCUT2D eigenvalue weighted by Crippen LogP contribution is 2.32. The number of halogens is 2. The lowest BCUT2D eigenvalue weighted by atomic mass is 10.2. The van der Waals surface area contributed by atoms with Gasteiger partial charge in [-0.1, -0.05) is 29.3 Å². The molecule has 5 nitrogen and oxygen atoms in total. The topological polar surface area (TPSA) is 64.0 Å². The van der Waals surface area contributed by atoms with E-state index in [-0.39, 0.29) is 16.5 Å². The Labute approximate surface area is 145 Å². The third kappa shape index (κ3) is 2.73. The SMILES string of the molecule is Cc1c(C(=O)Nc2cccc(Cl)c2Cl)sc2ncn(C)c(=O)c12. The molecule has 118 valence electrons. The number of aryl methyl sites for hydroxylation is 2. The average Bonchev–Trinajstić information content (AvgIpc) is 2.85. The Balaban J connectivity index is 2.05. The van der Waals surface area contributed by atoms with Gasteiger partial charge in [0.25, 0.3) is 11.5 Å². The lowest BCUT2D eigenvalue weighted by Crippen LogP contribution is -2.17. The van der Waals surface area contributed by atoms with Gasteiger partial charge >= 0.3 is 0 Å². The largest absolute Gasteiger partial charge is 0.320 e. The number of fused-ring (bicyclic) bond motifs is 1. The van der Waals surface area contributed by atoms with Gasteiger partial charge in [-0.05, 0) is 24.6 Å². The molecule has 0 bridgehead atoms. The third-order valence-corrected chi connectivity index (χ3v) is 5.43. The van der Waals surface area contributed by atoms with E-state index in [1.54, 1.807) is 32.2 Å². The Bertz CT molecular complexity index is 994. The van der Waals surface area contributed by atoms with Gasteiger partial charge < -0.3 is 9.88 Å². The van der Waals surface area contributed by atoms with Crippen molar-refractivity contribution >= 4 is 56.3 Å². The highest BCUT2D eigenvalue weighted by atomic mass is 35.5. The second kappa shape index (κ2) is 5.96. The first-order chi connectivity index (χ1) is 10.9. The predicted molar refractivity (Wildman–Crippen MR) is 94.0 cm³/mol. The molecule has 8 heteroatoms. The van der Waals surface area contributed by atoms with Gasteiger partial charge in [0.15, 0.2) is 0 Å². The molecule has 1 N–H and O–H groups in total. The number of carbonyl (C=O) groups excluding carboxylic acids is 1. The van der Waals surface area contributed by atoms with E-state index in [1.165, 1.54) is 22.2 Å². The molecule has 1 amide bonds. The minimum Gasteiger partial charge on any atom is -0.320 e. The van der Waals surface area contributed by atoms with Crippen molar-refractivity contribution in [3.63, 3.8) is 0 Å². The molecular formula is C15H11Cl2N3O2S. The normalized spacial score (nSPS) is 11.0. The van der Waals surface area contributed by atoms with Crippen LogP contribution in [0.1, 0.15) is 15.2 Å². The number of rotatable bonds is 2. The molecular weight excluding hydrogens is 357 g/mol. The first-order valence-electron chi connectivity index (χ1n) is 6.60. The summed E-state index contributed by atoms with van der Waals surface area (Å²) in [5, 5.41) is 3.81. The van der Waals surface area contributed by atoms with Gasteiger partial charge in [0.05, 0.1) is 32.3 Å². The molecule has 3 rings (SSSR count). The molecule has 0 aliphatic carbocycles. The van der Waals surface area contributed by atoms with Crippen molar-refractivity contribution in [1.82, 2.24) is 9.55 Å². The van der Waals surface area contributed by atoms with Crippen LogP contribution in [0.2, 0.25) is 10.0 Å². The van der Waals surface area contributed by atoms with E-state index in [4.69, 9.17) is 23.2 Å². The van der Waals surface area contributed by atoms with E-state index >= 15 is 0 Å². The summed E-state index contributed by atoms with van der Waals surface area (Å²) in [4.78, 5) is 29.9. The smallest absolute Gasteiger partial charge is 0.266 e. The number of carbonyl (C=O) groups is 1. The van der Waals surface area contributed by atoms with Crippen molar-refractivity contribution in [2.24, 2.45) is 7.05 Å². The summed E-state index contributed by atoms with van der Waals surface area (Å²) >= 11 is 13.2. The van der Waals surface area contributed by atoms with Gasteiger partial charge in [0.1, 0.15) is 4.83 Å². The summed E-state index contributed by atoms with van der Waals surface area (Å²) in [7, 11) is 1.62. The number of anilines is 1. The molecule has 1 aromatic carbocycles. The van der Waals surface area contributed by atoms with Crippen LogP contribution in [0.25, 0.3) is 10.2 Å². The van der Waals surface area contributed by atoms with Crippen molar-refractivity contribution in [3.05, 3.63) is 55.4 Å². The van der Waals surface area contributed by atoms with Gasteiger partial charge in [0, 0.05) is 7.05 Å². The van der Waals surface area contributed by atoms with Crippen LogP contribution in [0.15, 0.2) is 29.3 Å². The zero-order chi connectivity index (χ0) is 16.7. The Kier molecular flexibility index (Phi) is 4.14. The van der Waals surface area contributed by atoms with Crippen LogP contribution in [-0.4, -0.2) is 15.5 Å². The quantitative estimate of drug-likeness (QED) is 0.747. The summed E-state index contributed by atoms with van der Waals surface area (Å²) in [5.41, 5.74) is 0.847. The Morgan fingerprint density at radius 1 is 1.35 bits per heavy atom. The molecule has 3 aromatic rings. The second-order valence-electron chi connectivity index (χ2n) is 4.95. The Hall–Kier alpha value is -1.89. The van der Waals surface area contributed by atoms with Crippen LogP contribution in [-0.2, 0) is 7.05 Å². The fourth-order valence-electron chi connectivity index (χ4n) is 2.20. The van der Waals surface area contributed by atoms with Crippen LogP contribution in [0.5, 0.6) is 0 Å². The van der Waals surface area contributed by atoms with Crippen LogP contribution in [0.3, 0.4) is 0 Å². The molecule has 0 aliphatic heterocycles. The maximum Gasteiger partial charge on any atom is 0.266 e. The van der Waals surface area contributed by atoms with E-state index in [0.29, 0.717) is 31.4 Å². The monoisotopic (exact) mass is 367 g/mol. The van der Waals surface area contributed by atoms with Crippen LogP contribution in [0.4, 0.5) is 5.69 Å². The number of thiophene rings is 1. The fraction of sp³-hybridized carbons (Fsp3) is 0.133. The summed E-state index contributed by atoms with van der Waals surface area (Å²) in [6, 6.07) is 4.99. The number of aromatic nitrogens is 2. The molecule has 0 saturated heterocycles. The molecule has 0 atom stereocenters. The van der Waals surface area contributed by atoms with Gasteiger partial charge in [-0.2, -0.15) is 0 Å². The summed E-state index contributed by atoms with van der Waals surface area (Å²) in [6.45, 7) is 1.73. The molecule has 0 fully saturated rings. The standard InChI is InChI=1S/C15H11Cl2N3O2S/c1-7-10-14(18-6-20(2)15(10)22)23-12(7)13(21)19-9-5-3-4-8(16)11(9)17/h3-6H,1-2H3,(H,19,21). The van der Waals surface area contributed by atoms with Crippen LogP contribution < -0.4 is 10.9 Å². The third-order valence-electron chi connectivity index (χ3n) is 3.42. The minimum absolute atomic E-state index is 0.177. The number of hydrogen-bond donors (Lipinski definition) is 1. The Morgan fingerprint density at radius 2 is 2.09 bits per heavy atom. The lowest BCUT2D eigenvalue weighted by molar-refractivity contribution is 0.103. The zero-order valence-corrected chi connectivity index (χ0v) is 14.5. The van der Waals surface area contributed by atoms with Crippen molar-refractivity contribution in [1.29, 1.82) is 0 Å². The molecule has 23 heavy (non-hydrogen) atoms. The number of amides is 1. The van der Waals surface area contributed by atoms with E-state index < -0.39 is 0 Å². The lowest BCUT2D eigenvalue weighted by Gasteiger charge is -2.07. The van der Waals surface area contributed by atoms with E-state index in [2.05, 4.69) is 10.3 Å². The van der Waals surface area contributed by atoms with Crippen LogP contribution >= 0.6 is 34.5 Å².